The lowest BCUT2D eigenvalue weighted by molar-refractivity contribution is 0.578. The maximum Gasteiger partial charge on any atom is 0.0301 e. The van der Waals surface area contributed by atoms with E-state index in [1.165, 1.54) is 21.9 Å². The second-order valence-corrected chi connectivity index (χ2v) is 5.16. The lowest BCUT2D eigenvalue weighted by Crippen LogP contribution is -2.18. The maximum atomic E-state index is 3.61. The van der Waals surface area contributed by atoms with Crippen molar-refractivity contribution in [2.24, 2.45) is 0 Å². The van der Waals surface area contributed by atoms with Crippen molar-refractivity contribution in [1.82, 2.24) is 5.32 Å². The van der Waals surface area contributed by atoms with Gasteiger partial charge in [-0.25, -0.2) is 0 Å². The topological polar surface area (TPSA) is 12.0 Å². The van der Waals surface area contributed by atoms with Crippen LogP contribution in [0.1, 0.15) is 24.1 Å². The molecule has 0 aliphatic rings. The van der Waals surface area contributed by atoms with Gasteiger partial charge in [0.1, 0.15) is 0 Å². The van der Waals surface area contributed by atoms with Crippen LogP contribution in [0.15, 0.2) is 72.8 Å². The summed E-state index contributed by atoms with van der Waals surface area (Å²) in [6, 6.07) is 26.0. The lowest BCUT2D eigenvalue weighted by atomic mass is 9.99. The molecule has 0 saturated heterocycles. The van der Waals surface area contributed by atoms with E-state index in [1.807, 2.05) is 0 Å². The molecule has 3 aromatic carbocycles. The Hall–Kier alpha value is -1.83. The van der Waals surface area contributed by atoms with Gasteiger partial charge in [0.15, 0.2) is 0 Å². The van der Waals surface area contributed by atoms with Crippen LogP contribution in [0.5, 0.6) is 0 Å². The van der Waals surface area contributed by atoms with E-state index in [4.69, 9.17) is 0 Å². The Morgan fingerprint density at radius 3 is 2.29 bits per heavy atom. The Bertz CT molecular complexity index is 689. The van der Waals surface area contributed by atoms with Crippen molar-refractivity contribution in [3.05, 3.63) is 83.9 Å². The number of nitrogens with one attached hydrogen (secondary N) is 1. The Morgan fingerprint density at radius 1 is 0.810 bits per heavy atom. The van der Waals surface area contributed by atoms with Gasteiger partial charge in [0, 0.05) is 12.6 Å². The van der Waals surface area contributed by atoms with E-state index in [9.17, 15) is 0 Å². The fourth-order valence-corrected chi connectivity index (χ4v) is 2.60. The third kappa shape index (κ3) is 3.63. The number of hydrogen-bond donors (Lipinski definition) is 1. The molecule has 0 amide bonds. The monoisotopic (exact) mass is 297 g/mol. The van der Waals surface area contributed by atoms with E-state index < -0.39 is 0 Å². The number of hydrogen-bond acceptors (Lipinski definition) is 1. The molecule has 0 aromatic heterocycles. The summed E-state index contributed by atoms with van der Waals surface area (Å²) in [5, 5.41) is 6.25. The standard InChI is InChI=1S/C19H19N.ClH/c1-15(20-14-16-8-3-2-4-9-16)18-13-7-11-17-10-5-6-12-19(17)18;/h2-13,15,20H,14H2,1H3;1H/t15-;/m0./s1. The summed E-state index contributed by atoms with van der Waals surface area (Å²) >= 11 is 0. The first-order chi connectivity index (χ1) is 9.84. The zero-order valence-electron chi connectivity index (χ0n) is 12.1. The average Bonchev–Trinajstić information content (AvgIpc) is 2.53. The summed E-state index contributed by atoms with van der Waals surface area (Å²) in [7, 11) is 0. The quantitative estimate of drug-likeness (QED) is 0.705. The van der Waals surface area contributed by atoms with Crippen molar-refractivity contribution in [2.75, 3.05) is 0 Å². The largest absolute Gasteiger partial charge is 0.306 e. The predicted octanol–water partition coefficient (Wildman–Crippen LogP) is 5.11. The van der Waals surface area contributed by atoms with Gasteiger partial charge in [-0.15, -0.1) is 12.4 Å². The molecule has 0 radical (unpaired) electrons. The maximum absolute atomic E-state index is 3.61. The van der Waals surface area contributed by atoms with Crippen molar-refractivity contribution in [1.29, 1.82) is 0 Å². The smallest absolute Gasteiger partial charge is 0.0301 e. The minimum atomic E-state index is 0. The van der Waals surface area contributed by atoms with Gasteiger partial charge in [0.25, 0.3) is 0 Å². The van der Waals surface area contributed by atoms with Gasteiger partial charge < -0.3 is 5.32 Å². The van der Waals surface area contributed by atoms with Crippen molar-refractivity contribution in [3.8, 4) is 0 Å². The Morgan fingerprint density at radius 2 is 1.48 bits per heavy atom. The van der Waals surface area contributed by atoms with E-state index in [0.29, 0.717) is 6.04 Å². The third-order valence-corrected chi connectivity index (χ3v) is 3.75. The molecule has 0 aliphatic heterocycles. The first kappa shape index (κ1) is 15.6. The molecule has 0 aliphatic carbocycles. The van der Waals surface area contributed by atoms with Crippen LogP contribution in [0.25, 0.3) is 10.8 Å². The molecule has 108 valence electrons. The summed E-state index contributed by atoms with van der Waals surface area (Å²) in [5.41, 5.74) is 2.68. The van der Waals surface area contributed by atoms with Crippen LogP contribution in [-0.4, -0.2) is 0 Å². The van der Waals surface area contributed by atoms with Gasteiger partial charge in [-0.3, -0.25) is 0 Å². The average molecular weight is 298 g/mol. The first-order valence-electron chi connectivity index (χ1n) is 7.09. The van der Waals surface area contributed by atoms with Crippen LogP contribution < -0.4 is 5.32 Å². The number of rotatable bonds is 4. The first-order valence-corrected chi connectivity index (χ1v) is 7.09. The zero-order valence-corrected chi connectivity index (χ0v) is 12.9. The highest BCUT2D eigenvalue weighted by Crippen LogP contribution is 2.24. The molecule has 0 spiro atoms. The summed E-state index contributed by atoms with van der Waals surface area (Å²) < 4.78 is 0. The van der Waals surface area contributed by atoms with Crippen LogP contribution >= 0.6 is 12.4 Å². The molecule has 1 nitrogen and oxygen atoms in total. The minimum Gasteiger partial charge on any atom is -0.306 e. The summed E-state index contributed by atoms with van der Waals surface area (Å²) in [4.78, 5) is 0. The predicted molar refractivity (Wildman–Crippen MR) is 92.9 cm³/mol. The van der Waals surface area contributed by atoms with Crippen molar-refractivity contribution >= 4 is 23.2 Å². The van der Waals surface area contributed by atoms with Gasteiger partial charge in [0.2, 0.25) is 0 Å². The molecule has 1 atom stereocenters. The third-order valence-electron chi connectivity index (χ3n) is 3.75. The Labute approximate surface area is 132 Å². The normalized spacial score (nSPS) is 11.9. The van der Waals surface area contributed by atoms with Crippen molar-refractivity contribution in [3.63, 3.8) is 0 Å². The van der Waals surface area contributed by atoms with Crippen LogP contribution in [0.4, 0.5) is 0 Å². The molecule has 21 heavy (non-hydrogen) atoms. The number of benzene rings is 3. The SMILES string of the molecule is C[C@H](NCc1ccccc1)c1cccc2ccccc12.Cl. The molecular formula is C19H20ClN. The molecule has 0 fully saturated rings. The van der Waals surface area contributed by atoms with Crippen molar-refractivity contribution in [2.45, 2.75) is 19.5 Å². The molecule has 1 N–H and O–H groups in total. The van der Waals surface area contributed by atoms with E-state index in [-0.39, 0.29) is 12.4 Å². The molecule has 3 aromatic rings. The van der Waals surface area contributed by atoms with E-state index in [0.717, 1.165) is 6.54 Å². The fourth-order valence-electron chi connectivity index (χ4n) is 2.60. The molecule has 0 saturated carbocycles. The highest BCUT2D eigenvalue weighted by Gasteiger charge is 2.08. The molecule has 0 heterocycles. The van der Waals surface area contributed by atoms with Crippen LogP contribution in [0, 0.1) is 0 Å². The van der Waals surface area contributed by atoms with Gasteiger partial charge in [-0.1, -0.05) is 72.8 Å². The summed E-state index contributed by atoms with van der Waals surface area (Å²) in [5.74, 6) is 0. The zero-order chi connectivity index (χ0) is 13.8. The molecule has 2 heteroatoms. The van der Waals surface area contributed by atoms with Crippen LogP contribution in [0.3, 0.4) is 0 Å². The van der Waals surface area contributed by atoms with E-state index >= 15 is 0 Å². The van der Waals surface area contributed by atoms with Gasteiger partial charge >= 0.3 is 0 Å². The Balaban J connectivity index is 0.00000161. The van der Waals surface area contributed by atoms with Gasteiger partial charge in [-0.2, -0.15) is 0 Å². The van der Waals surface area contributed by atoms with Crippen LogP contribution in [-0.2, 0) is 6.54 Å². The molecular weight excluding hydrogens is 278 g/mol. The van der Waals surface area contributed by atoms with Crippen LogP contribution in [0.2, 0.25) is 0 Å². The molecule has 0 bridgehead atoms. The van der Waals surface area contributed by atoms with E-state index in [1.54, 1.807) is 0 Å². The molecule has 0 unspecified atom stereocenters. The second kappa shape index (κ2) is 7.26. The van der Waals surface area contributed by atoms with E-state index in [2.05, 4.69) is 85.0 Å². The minimum absolute atomic E-state index is 0. The van der Waals surface area contributed by atoms with Gasteiger partial charge in [-0.05, 0) is 28.8 Å². The lowest BCUT2D eigenvalue weighted by Gasteiger charge is -2.16. The second-order valence-electron chi connectivity index (χ2n) is 5.16. The number of fused-ring (bicyclic) bond motifs is 1. The number of halogens is 1. The Kier molecular flexibility index (Phi) is 5.38. The summed E-state index contributed by atoms with van der Waals surface area (Å²) in [6.07, 6.45) is 0. The molecule has 3 rings (SSSR count). The highest BCUT2D eigenvalue weighted by molar-refractivity contribution is 5.86. The fraction of sp³-hybridized carbons (Fsp3) is 0.158. The highest BCUT2D eigenvalue weighted by atomic mass is 35.5. The summed E-state index contributed by atoms with van der Waals surface area (Å²) in [6.45, 7) is 3.12. The van der Waals surface area contributed by atoms with Crippen molar-refractivity contribution < 1.29 is 0 Å². The van der Waals surface area contributed by atoms with Gasteiger partial charge in [0.05, 0.1) is 0 Å².